The van der Waals surface area contributed by atoms with E-state index in [9.17, 15) is 9.59 Å². The van der Waals surface area contributed by atoms with Gasteiger partial charge in [-0.1, -0.05) is 0 Å². The summed E-state index contributed by atoms with van der Waals surface area (Å²) in [5.41, 5.74) is 6.23. The van der Waals surface area contributed by atoms with Gasteiger partial charge in [0.2, 0.25) is 5.91 Å². The normalized spacial score (nSPS) is 9.56. The summed E-state index contributed by atoms with van der Waals surface area (Å²) in [7, 11) is 1.52. The van der Waals surface area contributed by atoms with E-state index in [0.29, 0.717) is 5.69 Å². The molecule has 1 amide bonds. The number of anilines is 2. The Kier molecular flexibility index (Phi) is 3.71. The molecular formula is C10H13N3O3. The van der Waals surface area contributed by atoms with Gasteiger partial charge in [-0.05, 0) is 18.2 Å². The highest BCUT2D eigenvalue weighted by molar-refractivity contribution is 5.95. The van der Waals surface area contributed by atoms with E-state index in [1.807, 2.05) is 0 Å². The summed E-state index contributed by atoms with van der Waals surface area (Å²) in [5, 5.41) is 14.1. The van der Waals surface area contributed by atoms with Crippen molar-refractivity contribution in [1.29, 1.82) is 0 Å². The second-order valence-corrected chi connectivity index (χ2v) is 3.13. The van der Waals surface area contributed by atoms with Crippen molar-refractivity contribution in [1.82, 2.24) is 5.32 Å². The number of nitrogens with two attached hydrogens (primary N) is 1. The van der Waals surface area contributed by atoms with Gasteiger partial charge < -0.3 is 21.5 Å². The number of carboxylic acid groups (broad SMARTS) is 1. The lowest BCUT2D eigenvalue weighted by Gasteiger charge is -2.07. The smallest absolute Gasteiger partial charge is 0.337 e. The van der Waals surface area contributed by atoms with E-state index in [-0.39, 0.29) is 23.7 Å². The summed E-state index contributed by atoms with van der Waals surface area (Å²) in [6.07, 6.45) is 0. The lowest BCUT2D eigenvalue weighted by Crippen LogP contribution is -2.26. The van der Waals surface area contributed by atoms with E-state index >= 15 is 0 Å². The summed E-state index contributed by atoms with van der Waals surface area (Å²) in [5.74, 6) is -1.28. The average molecular weight is 223 g/mol. The zero-order valence-corrected chi connectivity index (χ0v) is 8.78. The minimum absolute atomic E-state index is 0.0157. The van der Waals surface area contributed by atoms with Crippen LogP contribution in [0.3, 0.4) is 0 Å². The highest BCUT2D eigenvalue weighted by Gasteiger charge is 2.08. The van der Waals surface area contributed by atoms with Crippen molar-refractivity contribution < 1.29 is 14.7 Å². The SMILES string of the molecule is CNC(=O)CNc1ccc(N)c(C(=O)O)c1. The molecule has 5 N–H and O–H groups in total. The lowest BCUT2D eigenvalue weighted by atomic mass is 10.1. The predicted octanol–water partition coefficient (Wildman–Crippen LogP) is 0.125. The van der Waals surface area contributed by atoms with Gasteiger partial charge in [-0.3, -0.25) is 4.79 Å². The minimum atomic E-state index is -1.10. The standard InChI is InChI=1S/C10H13N3O3/c1-12-9(14)5-13-6-2-3-8(11)7(4-6)10(15)16/h2-4,13H,5,11H2,1H3,(H,12,14)(H,15,16). The van der Waals surface area contributed by atoms with Crippen molar-refractivity contribution in [3.05, 3.63) is 23.8 Å². The van der Waals surface area contributed by atoms with Crippen molar-refractivity contribution in [3.63, 3.8) is 0 Å². The van der Waals surface area contributed by atoms with E-state index in [1.54, 1.807) is 6.07 Å². The van der Waals surface area contributed by atoms with Crippen LogP contribution in [0.15, 0.2) is 18.2 Å². The number of nitrogen functional groups attached to an aromatic ring is 1. The molecule has 6 nitrogen and oxygen atoms in total. The molecule has 0 aromatic heterocycles. The number of likely N-dealkylation sites (N-methyl/N-ethyl adjacent to an activating group) is 1. The first-order valence-corrected chi connectivity index (χ1v) is 4.62. The number of carboxylic acids is 1. The molecule has 0 bridgehead atoms. The highest BCUT2D eigenvalue weighted by atomic mass is 16.4. The predicted molar refractivity (Wildman–Crippen MR) is 60.4 cm³/mol. The lowest BCUT2D eigenvalue weighted by molar-refractivity contribution is -0.118. The number of carbonyl (C=O) groups excluding carboxylic acids is 1. The van der Waals surface area contributed by atoms with E-state index in [1.165, 1.54) is 19.2 Å². The number of hydrogen-bond acceptors (Lipinski definition) is 4. The van der Waals surface area contributed by atoms with Gasteiger partial charge >= 0.3 is 5.97 Å². The number of nitrogens with one attached hydrogen (secondary N) is 2. The fourth-order valence-corrected chi connectivity index (χ4v) is 1.12. The van der Waals surface area contributed by atoms with Crippen molar-refractivity contribution in [3.8, 4) is 0 Å². The number of aromatic carboxylic acids is 1. The molecule has 0 aliphatic carbocycles. The zero-order chi connectivity index (χ0) is 12.1. The zero-order valence-electron chi connectivity index (χ0n) is 8.78. The van der Waals surface area contributed by atoms with Crippen molar-refractivity contribution >= 4 is 23.3 Å². The number of amides is 1. The third kappa shape index (κ3) is 2.88. The van der Waals surface area contributed by atoms with E-state index in [4.69, 9.17) is 10.8 Å². The molecule has 6 heteroatoms. The maximum atomic E-state index is 11.0. The van der Waals surface area contributed by atoms with Crippen molar-refractivity contribution in [2.75, 3.05) is 24.6 Å². The molecular weight excluding hydrogens is 210 g/mol. The first-order chi connectivity index (χ1) is 7.54. The summed E-state index contributed by atoms with van der Waals surface area (Å²) in [6, 6.07) is 4.49. The molecule has 0 spiro atoms. The number of hydrogen-bond donors (Lipinski definition) is 4. The molecule has 0 saturated heterocycles. The molecule has 0 fully saturated rings. The summed E-state index contributed by atoms with van der Waals surface area (Å²) in [4.78, 5) is 21.7. The van der Waals surface area contributed by atoms with Crippen molar-refractivity contribution in [2.24, 2.45) is 0 Å². The molecule has 1 rings (SSSR count). The molecule has 16 heavy (non-hydrogen) atoms. The molecule has 0 unspecified atom stereocenters. The molecule has 0 aliphatic rings. The Balaban J connectivity index is 2.79. The Morgan fingerprint density at radius 3 is 2.69 bits per heavy atom. The minimum Gasteiger partial charge on any atom is -0.478 e. The van der Waals surface area contributed by atoms with Crippen LogP contribution in [0.1, 0.15) is 10.4 Å². The topological polar surface area (TPSA) is 104 Å². The largest absolute Gasteiger partial charge is 0.478 e. The van der Waals surface area contributed by atoms with Gasteiger partial charge in [0.25, 0.3) is 0 Å². The van der Waals surface area contributed by atoms with Crippen LogP contribution < -0.4 is 16.4 Å². The van der Waals surface area contributed by atoms with Crippen LogP contribution in [-0.2, 0) is 4.79 Å². The van der Waals surface area contributed by atoms with Gasteiger partial charge in [-0.25, -0.2) is 4.79 Å². The Morgan fingerprint density at radius 2 is 2.12 bits per heavy atom. The molecule has 86 valence electrons. The molecule has 0 saturated carbocycles. The molecule has 0 radical (unpaired) electrons. The Bertz CT molecular complexity index is 418. The Hall–Kier alpha value is -2.24. The molecule has 1 aromatic carbocycles. The monoisotopic (exact) mass is 223 g/mol. The first kappa shape index (κ1) is 11.8. The Labute approximate surface area is 92.4 Å². The van der Waals surface area contributed by atoms with Gasteiger partial charge in [0.05, 0.1) is 12.1 Å². The summed E-state index contributed by atoms with van der Waals surface area (Å²) in [6.45, 7) is 0.0828. The third-order valence-electron chi connectivity index (χ3n) is 2.02. The van der Waals surface area contributed by atoms with Crippen LogP contribution in [0.25, 0.3) is 0 Å². The van der Waals surface area contributed by atoms with Crippen LogP contribution in [-0.4, -0.2) is 30.6 Å². The van der Waals surface area contributed by atoms with Crippen molar-refractivity contribution in [2.45, 2.75) is 0 Å². The molecule has 0 aliphatic heterocycles. The molecule has 1 aromatic rings. The number of rotatable bonds is 4. The fraction of sp³-hybridized carbons (Fsp3) is 0.200. The molecule has 0 atom stereocenters. The maximum absolute atomic E-state index is 11.0. The summed E-state index contributed by atoms with van der Waals surface area (Å²) >= 11 is 0. The van der Waals surface area contributed by atoms with E-state index in [0.717, 1.165) is 0 Å². The quantitative estimate of drug-likeness (QED) is 0.543. The van der Waals surface area contributed by atoms with Gasteiger partial charge in [0.15, 0.2) is 0 Å². The molecule has 0 heterocycles. The van der Waals surface area contributed by atoms with Crippen LogP contribution in [0.4, 0.5) is 11.4 Å². The number of carbonyl (C=O) groups is 2. The second kappa shape index (κ2) is 5.01. The van der Waals surface area contributed by atoms with E-state index in [2.05, 4.69) is 10.6 Å². The first-order valence-electron chi connectivity index (χ1n) is 4.62. The maximum Gasteiger partial charge on any atom is 0.337 e. The highest BCUT2D eigenvalue weighted by Crippen LogP contribution is 2.17. The van der Waals surface area contributed by atoms with Gasteiger partial charge in [-0.2, -0.15) is 0 Å². The van der Waals surface area contributed by atoms with Crippen LogP contribution >= 0.6 is 0 Å². The van der Waals surface area contributed by atoms with Crippen LogP contribution in [0.2, 0.25) is 0 Å². The average Bonchev–Trinajstić information content (AvgIpc) is 2.27. The second-order valence-electron chi connectivity index (χ2n) is 3.13. The van der Waals surface area contributed by atoms with Crippen LogP contribution in [0.5, 0.6) is 0 Å². The summed E-state index contributed by atoms with van der Waals surface area (Å²) < 4.78 is 0. The fourth-order valence-electron chi connectivity index (χ4n) is 1.12. The number of benzene rings is 1. The van der Waals surface area contributed by atoms with Gasteiger partial charge in [0, 0.05) is 18.4 Å². The third-order valence-corrected chi connectivity index (χ3v) is 2.02. The van der Waals surface area contributed by atoms with Crippen LogP contribution in [0, 0.1) is 0 Å². The van der Waals surface area contributed by atoms with Gasteiger partial charge in [0.1, 0.15) is 0 Å². The van der Waals surface area contributed by atoms with E-state index < -0.39 is 5.97 Å². The van der Waals surface area contributed by atoms with Gasteiger partial charge in [-0.15, -0.1) is 0 Å². The Morgan fingerprint density at radius 1 is 1.44 bits per heavy atom.